The Bertz CT molecular complexity index is 639. The van der Waals surface area contributed by atoms with Crippen molar-refractivity contribution >= 4 is 15.9 Å². The fraction of sp³-hybridized carbons (Fsp3) is 0.300. The van der Waals surface area contributed by atoms with Gasteiger partial charge in [0.1, 0.15) is 10.6 Å². The highest BCUT2D eigenvalue weighted by Gasteiger charge is 2.39. The number of carbonyl (C=O) groups is 1. The molecule has 0 aliphatic carbocycles. The van der Waals surface area contributed by atoms with Gasteiger partial charge in [0.05, 0.1) is 5.56 Å². The lowest BCUT2D eigenvalue weighted by molar-refractivity contribution is -0.153. The Morgan fingerprint density at radius 3 is 2.53 bits per heavy atom. The summed E-state index contributed by atoms with van der Waals surface area (Å²) >= 11 is 0. The summed E-state index contributed by atoms with van der Waals surface area (Å²) in [7, 11) is -2.91. The van der Waals surface area contributed by atoms with Crippen molar-refractivity contribution < 1.29 is 31.1 Å². The van der Waals surface area contributed by atoms with Crippen LogP contribution in [0.5, 0.6) is 5.75 Å². The summed E-state index contributed by atoms with van der Waals surface area (Å²) in [5, 5.41) is 0. The second-order valence-corrected chi connectivity index (χ2v) is 5.78. The van der Waals surface area contributed by atoms with Crippen molar-refractivity contribution in [1.29, 1.82) is 0 Å². The van der Waals surface area contributed by atoms with E-state index in [1.54, 1.807) is 0 Å². The van der Waals surface area contributed by atoms with Crippen molar-refractivity contribution in [3.8, 4) is 5.75 Å². The summed E-state index contributed by atoms with van der Waals surface area (Å²) in [5.41, 5.74) is -0.0816. The molecule has 19 heavy (non-hydrogen) atoms. The van der Waals surface area contributed by atoms with Gasteiger partial charge in [-0.05, 0) is 12.1 Å². The number of halogens is 3. The van der Waals surface area contributed by atoms with E-state index in [9.17, 15) is 26.4 Å². The largest absolute Gasteiger partial charge is 0.484 e. The molecule has 0 atom stereocenters. The van der Waals surface area contributed by atoms with Gasteiger partial charge in [0, 0.05) is 13.1 Å². The zero-order valence-corrected chi connectivity index (χ0v) is 10.4. The number of sulfonamides is 1. The lowest BCUT2D eigenvalue weighted by Crippen LogP contribution is -2.24. The number of ether oxygens (including phenoxy) is 1. The number of fused-ring (bicyclic) bond motifs is 1. The van der Waals surface area contributed by atoms with E-state index in [-0.39, 0.29) is 16.2 Å². The Balaban J connectivity index is 2.36. The Kier molecular flexibility index (Phi) is 2.96. The van der Waals surface area contributed by atoms with Gasteiger partial charge < -0.3 is 4.74 Å². The van der Waals surface area contributed by atoms with Gasteiger partial charge in [-0.1, -0.05) is 0 Å². The first-order valence-electron chi connectivity index (χ1n) is 5.00. The molecule has 1 heterocycles. The molecule has 0 unspecified atom stereocenters. The Hall–Kier alpha value is -1.77. The molecule has 0 aromatic heterocycles. The number of alkyl halides is 3. The van der Waals surface area contributed by atoms with Crippen molar-refractivity contribution in [2.75, 3.05) is 13.7 Å². The number of benzene rings is 1. The van der Waals surface area contributed by atoms with Gasteiger partial charge in [-0.25, -0.2) is 12.7 Å². The fourth-order valence-corrected chi connectivity index (χ4v) is 2.88. The molecule has 9 heteroatoms. The summed E-state index contributed by atoms with van der Waals surface area (Å²) in [6.45, 7) is -1.53. The summed E-state index contributed by atoms with van der Waals surface area (Å²) in [6.07, 6.45) is -4.52. The minimum Gasteiger partial charge on any atom is -0.484 e. The summed E-state index contributed by atoms with van der Waals surface area (Å²) in [5.74, 6) is -0.986. The van der Waals surface area contributed by atoms with E-state index in [1.165, 1.54) is 0 Å². The van der Waals surface area contributed by atoms with Gasteiger partial charge in [0.2, 0.25) is 0 Å². The first-order valence-corrected chi connectivity index (χ1v) is 6.44. The Labute approximate surface area is 106 Å². The fourth-order valence-electron chi connectivity index (χ4n) is 1.57. The average molecular weight is 295 g/mol. The van der Waals surface area contributed by atoms with Crippen LogP contribution in [0.25, 0.3) is 0 Å². The van der Waals surface area contributed by atoms with Crippen molar-refractivity contribution in [2.24, 2.45) is 0 Å². The SMILES string of the molecule is CN1C(=O)c2ccc(OCC(F)(F)F)cc2S1(=O)=O. The van der Waals surface area contributed by atoms with Gasteiger partial charge in [0.25, 0.3) is 15.9 Å². The number of hydrogen-bond donors (Lipinski definition) is 0. The summed E-state index contributed by atoms with van der Waals surface area (Å²) < 4.78 is 64.5. The van der Waals surface area contributed by atoms with Crippen molar-refractivity contribution in [2.45, 2.75) is 11.1 Å². The molecule has 1 aromatic carbocycles. The normalized spacial score (nSPS) is 17.5. The van der Waals surface area contributed by atoms with E-state index in [4.69, 9.17) is 0 Å². The summed E-state index contributed by atoms with van der Waals surface area (Å²) in [4.78, 5) is 11.2. The molecular formula is C10H8F3NO4S. The van der Waals surface area contributed by atoms with Crippen LogP contribution in [-0.4, -0.2) is 38.5 Å². The van der Waals surface area contributed by atoms with Crippen LogP contribution >= 0.6 is 0 Å². The molecule has 0 spiro atoms. The monoisotopic (exact) mass is 295 g/mol. The van der Waals surface area contributed by atoms with Crippen LogP contribution in [0.1, 0.15) is 10.4 Å². The third kappa shape index (κ3) is 2.37. The topological polar surface area (TPSA) is 63.7 Å². The van der Waals surface area contributed by atoms with Gasteiger partial charge in [-0.2, -0.15) is 13.2 Å². The second kappa shape index (κ2) is 4.12. The predicted octanol–water partition coefficient (Wildman–Crippen LogP) is 1.40. The average Bonchev–Trinajstić information content (AvgIpc) is 2.48. The minimum atomic E-state index is -4.52. The van der Waals surface area contributed by atoms with Gasteiger partial charge >= 0.3 is 6.18 Å². The molecule has 0 radical (unpaired) electrons. The van der Waals surface area contributed by atoms with Crippen molar-refractivity contribution in [3.05, 3.63) is 23.8 Å². The summed E-state index contributed by atoms with van der Waals surface area (Å²) in [6, 6.07) is 3.17. The Morgan fingerprint density at radius 2 is 1.95 bits per heavy atom. The van der Waals surface area contributed by atoms with Crippen LogP contribution in [-0.2, 0) is 10.0 Å². The number of rotatable bonds is 2. The van der Waals surface area contributed by atoms with Crippen LogP contribution in [0.3, 0.4) is 0 Å². The molecule has 2 rings (SSSR count). The molecule has 1 aromatic rings. The lowest BCUT2D eigenvalue weighted by atomic mass is 10.2. The van der Waals surface area contributed by atoms with Crippen LogP contribution < -0.4 is 4.74 Å². The first kappa shape index (κ1) is 13.7. The highest BCUT2D eigenvalue weighted by atomic mass is 32.2. The Morgan fingerprint density at radius 1 is 1.32 bits per heavy atom. The van der Waals surface area contributed by atoms with Crippen molar-refractivity contribution in [1.82, 2.24) is 4.31 Å². The van der Waals surface area contributed by atoms with E-state index in [0.29, 0.717) is 4.31 Å². The molecule has 0 fully saturated rings. The third-order valence-electron chi connectivity index (χ3n) is 2.51. The van der Waals surface area contributed by atoms with Gasteiger partial charge in [-0.3, -0.25) is 4.79 Å². The number of hydrogen-bond acceptors (Lipinski definition) is 4. The molecule has 0 bridgehead atoms. The van der Waals surface area contributed by atoms with E-state index in [0.717, 1.165) is 25.2 Å². The van der Waals surface area contributed by atoms with E-state index < -0.39 is 28.7 Å². The smallest absolute Gasteiger partial charge is 0.422 e. The molecular weight excluding hydrogens is 287 g/mol. The highest BCUT2D eigenvalue weighted by Crippen LogP contribution is 2.32. The highest BCUT2D eigenvalue weighted by molar-refractivity contribution is 7.90. The van der Waals surface area contributed by atoms with Crippen LogP contribution in [0.2, 0.25) is 0 Å². The molecule has 1 amide bonds. The minimum absolute atomic E-state index is 0.0816. The van der Waals surface area contributed by atoms with Crippen LogP contribution in [0.4, 0.5) is 13.2 Å². The first-order chi connectivity index (χ1) is 8.63. The van der Waals surface area contributed by atoms with E-state index in [2.05, 4.69) is 4.74 Å². The zero-order valence-electron chi connectivity index (χ0n) is 9.56. The van der Waals surface area contributed by atoms with E-state index >= 15 is 0 Å². The predicted molar refractivity (Wildman–Crippen MR) is 57.3 cm³/mol. The maximum absolute atomic E-state index is 12.0. The van der Waals surface area contributed by atoms with Gasteiger partial charge in [0.15, 0.2) is 6.61 Å². The quantitative estimate of drug-likeness (QED) is 0.827. The number of amides is 1. The van der Waals surface area contributed by atoms with Crippen LogP contribution in [0, 0.1) is 0 Å². The zero-order chi connectivity index (χ0) is 14.4. The maximum atomic E-state index is 12.0. The maximum Gasteiger partial charge on any atom is 0.422 e. The number of carbonyl (C=O) groups excluding carboxylic acids is 1. The molecule has 1 aliphatic rings. The molecule has 1 aliphatic heterocycles. The lowest BCUT2D eigenvalue weighted by Gasteiger charge is -2.09. The molecule has 0 saturated carbocycles. The van der Waals surface area contributed by atoms with Gasteiger partial charge in [-0.15, -0.1) is 0 Å². The molecule has 5 nitrogen and oxygen atoms in total. The molecule has 104 valence electrons. The third-order valence-corrected chi connectivity index (χ3v) is 4.29. The molecule has 0 N–H and O–H groups in total. The van der Waals surface area contributed by atoms with Crippen LogP contribution in [0.15, 0.2) is 23.1 Å². The second-order valence-electron chi connectivity index (χ2n) is 3.84. The number of nitrogens with zero attached hydrogens (tertiary/aromatic N) is 1. The molecule has 0 saturated heterocycles. The van der Waals surface area contributed by atoms with Crippen molar-refractivity contribution in [3.63, 3.8) is 0 Å². The van der Waals surface area contributed by atoms with E-state index in [1.807, 2.05) is 0 Å². The standard InChI is InChI=1S/C10H8F3NO4S/c1-14-9(15)7-3-2-6(18-5-10(11,12)13)4-8(7)19(14,16)17/h2-4H,5H2,1H3.